The van der Waals surface area contributed by atoms with Crippen LogP contribution in [-0.2, 0) is 9.59 Å². The zero-order valence-corrected chi connectivity index (χ0v) is 12.6. The zero-order chi connectivity index (χ0) is 14.8. The maximum atomic E-state index is 12.7. The third-order valence-corrected chi connectivity index (χ3v) is 5.45. The van der Waals surface area contributed by atoms with Gasteiger partial charge >= 0.3 is 5.97 Å². The molecule has 2 saturated heterocycles. The lowest BCUT2D eigenvalue weighted by molar-refractivity contribution is -0.141. The molecule has 0 radical (unpaired) electrons. The highest BCUT2D eigenvalue weighted by atomic mass is 16.4. The van der Waals surface area contributed by atoms with Crippen molar-refractivity contribution in [1.29, 1.82) is 0 Å². The minimum Gasteiger partial charge on any atom is -0.481 e. The Balaban J connectivity index is 1.56. The fraction of sp³-hybridized carbons (Fsp3) is 0.875. The van der Waals surface area contributed by atoms with Gasteiger partial charge in [0.2, 0.25) is 5.91 Å². The molecule has 1 amide bonds. The Morgan fingerprint density at radius 2 is 1.95 bits per heavy atom. The topological polar surface area (TPSA) is 69.6 Å². The van der Waals surface area contributed by atoms with Gasteiger partial charge in [-0.05, 0) is 43.9 Å². The molecule has 0 bridgehead atoms. The highest BCUT2D eigenvalue weighted by Gasteiger charge is 2.40. The van der Waals surface area contributed by atoms with Gasteiger partial charge in [-0.1, -0.05) is 12.8 Å². The molecular formula is C16H26N2O3. The van der Waals surface area contributed by atoms with E-state index in [-0.39, 0.29) is 24.3 Å². The van der Waals surface area contributed by atoms with Crippen LogP contribution >= 0.6 is 0 Å². The number of fused-ring (bicyclic) bond motifs is 1. The number of carbonyl (C=O) groups is 2. The van der Waals surface area contributed by atoms with E-state index < -0.39 is 5.97 Å². The molecule has 3 fully saturated rings. The van der Waals surface area contributed by atoms with Crippen molar-refractivity contribution in [1.82, 2.24) is 10.2 Å². The fourth-order valence-corrected chi connectivity index (χ4v) is 4.41. The smallest absolute Gasteiger partial charge is 0.303 e. The number of likely N-dealkylation sites (tertiary alicyclic amines) is 1. The molecule has 0 aromatic heterocycles. The molecule has 5 nitrogen and oxygen atoms in total. The van der Waals surface area contributed by atoms with E-state index in [2.05, 4.69) is 5.32 Å². The van der Waals surface area contributed by atoms with E-state index in [1.165, 1.54) is 25.7 Å². The van der Waals surface area contributed by atoms with Gasteiger partial charge in [0, 0.05) is 25.6 Å². The second kappa shape index (κ2) is 6.34. The van der Waals surface area contributed by atoms with Gasteiger partial charge in [0.25, 0.3) is 0 Å². The van der Waals surface area contributed by atoms with Crippen molar-refractivity contribution in [3.8, 4) is 0 Å². The van der Waals surface area contributed by atoms with Crippen LogP contribution in [0.5, 0.6) is 0 Å². The number of carbonyl (C=O) groups excluding carboxylic acids is 1. The first-order valence-electron chi connectivity index (χ1n) is 8.40. The third-order valence-electron chi connectivity index (χ3n) is 5.45. The lowest BCUT2D eigenvalue weighted by Crippen LogP contribution is -2.49. The van der Waals surface area contributed by atoms with Crippen LogP contribution in [-0.4, -0.2) is 47.1 Å². The normalized spacial score (nSPS) is 36.3. The Labute approximate surface area is 126 Å². The number of carboxylic acid groups (broad SMARTS) is 1. The Morgan fingerprint density at radius 3 is 2.71 bits per heavy atom. The number of piperidine rings is 1. The molecule has 2 heterocycles. The van der Waals surface area contributed by atoms with E-state index in [9.17, 15) is 9.59 Å². The summed E-state index contributed by atoms with van der Waals surface area (Å²) in [6, 6.07) is 0.508. The first-order valence-corrected chi connectivity index (χ1v) is 8.40. The van der Waals surface area contributed by atoms with Gasteiger partial charge in [0.05, 0.1) is 6.04 Å². The molecule has 0 aromatic carbocycles. The predicted octanol–water partition coefficient (Wildman–Crippen LogP) is 1.62. The number of nitrogens with zero attached hydrogens (tertiary/aromatic N) is 1. The first-order chi connectivity index (χ1) is 10.1. The largest absolute Gasteiger partial charge is 0.481 e. The van der Waals surface area contributed by atoms with Crippen LogP contribution in [0.2, 0.25) is 0 Å². The Kier molecular flexibility index (Phi) is 4.48. The molecule has 4 atom stereocenters. The Morgan fingerprint density at radius 1 is 1.14 bits per heavy atom. The summed E-state index contributed by atoms with van der Waals surface area (Å²) in [4.78, 5) is 25.5. The van der Waals surface area contributed by atoms with E-state index in [0.29, 0.717) is 18.5 Å². The van der Waals surface area contributed by atoms with Crippen molar-refractivity contribution in [2.24, 2.45) is 11.8 Å². The maximum absolute atomic E-state index is 12.7. The van der Waals surface area contributed by atoms with Crippen LogP contribution in [0.3, 0.4) is 0 Å². The molecular weight excluding hydrogens is 268 g/mol. The summed E-state index contributed by atoms with van der Waals surface area (Å²) in [5.41, 5.74) is 0. The molecule has 3 rings (SSSR count). The molecule has 2 aliphatic heterocycles. The minimum atomic E-state index is -0.751. The maximum Gasteiger partial charge on any atom is 0.303 e. The summed E-state index contributed by atoms with van der Waals surface area (Å²) in [5.74, 6) is 0.259. The highest BCUT2D eigenvalue weighted by molar-refractivity contribution is 5.82. The standard InChI is InChI=1S/C16H26N2O3/c19-15(20)8-11-4-3-7-18(10-11)16(21)14-9-12-5-1-2-6-13(12)17-14/h11-14,17H,1-10H2,(H,19,20). The van der Waals surface area contributed by atoms with Gasteiger partial charge in [-0.25, -0.2) is 0 Å². The number of hydrogen-bond donors (Lipinski definition) is 2. The average molecular weight is 294 g/mol. The van der Waals surface area contributed by atoms with Crippen LogP contribution in [0.1, 0.15) is 51.4 Å². The van der Waals surface area contributed by atoms with E-state index in [1.807, 2.05) is 4.90 Å². The predicted molar refractivity (Wildman–Crippen MR) is 78.8 cm³/mol. The molecule has 0 spiro atoms. The Bertz CT molecular complexity index is 398. The fourth-order valence-electron chi connectivity index (χ4n) is 4.41. The summed E-state index contributed by atoms with van der Waals surface area (Å²) in [7, 11) is 0. The van der Waals surface area contributed by atoms with Crippen molar-refractivity contribution in [3.05, 3.63) is 0 Å². The Hall–Kier alpha value is -1.10. The van der Waals surface area contributed by atoms with Crippen molar-refractivity contribution < 1.29 is 14.7 Å². The number of rotatable bonds is 3. The summed E-state index contributed by atoms with van der Waals surface area (Å²) < 4.78 is 0. The van der Waals surface area contributed by atoms with Crippen LogP contribution in [0.25, 0.3) is 0 Å². The van der Waals surface area contributed by atoms with Crippen LogP contribution < -0.4 is 5.32 Å². The van der Waals surface area contributed by atoms with E-state index in [1.54, 1.807) is 0 Å². The van der Waals surface area contributed by atoms with Gasteiger partial charge < -0.3 is 15.3 Å². The van der Waals surface area contributed by atoms with Crippen molar-refractivity contribution in [3.63, 3.8) is 0 Å². The number of carboxylic acids is 1. The second-order valence-electron chi connectivity index (χ2n) is 7.00. The molecule has 5 heteroatoms. The monoisotopic (exact) mass is 294 g/mol. The van der Waals surface area contributed by atoms with E-state index >= 15 is 0 Å². The molecule has 3 aliphatic rings. The summed E-state index contributed by atoms with van der Waals surface area (Å²) >= 11 is 0. The molecule has 4 unspecified atom stereocenters. The quantitative estimate of drug-likeness (QED) is 0.830. The average Bonchev–Trinajstić information content (AvgIpc) is 2.90. The molecule has 118 valence electrons. The van der Waals surface area contributed by atoms with Gasteiger partial charge in [-0.3, -0.25) is 9.59 Å². The zero-order valence-electron chi connectivity index (χ0n) is 12.6. The number of nitrogens with one attached hydrogen (secondary N) is 1. The van der Waals surface area contributed by atoms with Crippen molar-refractivity contribution >= 4 is 11.9 Å². The first kappa shape index (κ1) is 14.8. The summed E-state index contributed by atoms with van der Waals surface area (Å²) in [6.45, 7) is 1.42. The third kappa shape index (κ3) is 3.39. The van der Waals surface area contributed by atoms with Gasteiger partial charge in [-0.15, -0.1) is 0 Å². The minimum absolute atomic E-state index is 0.0262. The molecule has 0 aromatic rings. The summed E-state index contributed by atoms with van der Waals surface area (Å²) in [6.07, 6.45) is 8.06. The van der Waals surface area contributed by atoms with Crippen LogP contribution in [0.15, 0.2) is 0 Å². The van der Waals surface area contributed by atoms with Crippen molar-refractivity contribution in [2.45, 2.75) is 63.5 Å². The molecule has 1 saturated carbocycles. The highest BCUT2D eigenvalue weighted by Crippen LogP contribution is 2.34. The molecule has 21 heavy (non-hydrogen) atoms. The van der Waals surface area contributed by atoms with E-state index in [4.69, 9.17) is 5.11 Å². The molecule has 2 N–H and O–H groups in total. The number of amides is 1. The van der Waals surface area contributed by atoms with E-state index in [0.717, 1.165) is 25.8 Å². The van der Waals surface area contributed by atoms with Gasteiger partial charge in [0.15, 0.2) is 0 Å². The van der Waals surface area contributed by atoms with Crippen LogP contribution in [0, 0.1) is 11.8 Å². The van der Waals surface area contributed by atoms with Crippen LogP contribution in [0.4, 0.5) is 0 Å². The number of aliphatic carboxylic acids is 1. The lowest BCUT2D eigenvalue weighted by Gasteiger charge is -2.34. The van der Waals surface area contributed by atoms with Crippen molar-refractivity contribution in [2.75, 3.05) is 13.1 Å². The number of hydrogen-bond acceptors (Lipinski definition) is 3. The van der Waals surface area contributed by atoms with Gasteiger partial charge in [0.1, 0.15) is 0 Å². The van der Waals surface area contributed by atoms with Gasteiger partial charge in [-0.2, -0.15) is 0 Å². The SMILES string of the molecule is O=C(O)CC1CCCN(C(=O)C2CC3CCCCC3N2)C1. The second-order valence-corrected chi connectivity index (χ2v) is 7.00. The lowest BCUT2D eigenvalue weighted by atomic mass is 9.85. The summed E-state index contributed by atoms with van der Waals surface area (Å²) in [5, 5.41) is 12.5. The molecule has 1 aliphatic carbocycles.